The van der Waals surface area contributed by atoms with Gasteiger partial charge >= 0.3 is 0 Å². The van der Waals surface area contributed by atoms with Gasteiger partial charge in [-0.1, -0.05) is 72.8 Å². The fraction of sp³-hybridized carbons (Fsp3) is 0.138. The number of nitrogens with one attached hydrogen (secondary N) is 1. The zero-order valence-corrected chi connectivity index (χ0v) is 17.7. The first kappa shape index (κ1) is 18.6. The maximum atomic E-state index is 9.22. The minimum atomic E-state index is 0.174. The molecule has 1 N–H and O–H groups in total. The quantitative estimate of drug-likeness (QED) is 0.356. The van der Waals surface area contributed by atoms with Crippen molar-refractivity contribution in [2.75, 3.05) is 0 Å². The lowest BCUT2D eigenvalue weighted by molar-refractivity contribution is 1.05. The predicted molar refractivity (Wildman–Crippen MR) is 128 cm³/mol. The van der Waals surface area contributed by atoms with Crippen molar-refractivity contribution in [1.82, 2.24) is 0 Å². The van der Waals surface area contributed by atoms with E-state index in [0.717, 1.165) is 11.1 Å². The minimum absolute atomic E-state index is 0.174. The van der Waals surface area contributed by atoms with Gasteiger partial charge in [0, 0.05) is 17.0 Å². The lowest BCUT2D eigenvalue weighted by Crippen LogP contribution is -2.11. The molecule has 0 aromatic heterocycles. The molecule has 0 heterocycles. The molecule has 1 atom stereocenters. The van der Waals surface area contributed by atoms with Gasteiger partial charge in [0.1, 0.15) is 0 Å². The van der Waals surface area contributed by atoms with E-state index in [1.807, 2.05) is 0 Å². The number of allylic oxidation sites excluding steroid dienone is 1. The normalized spacial score (nSPS) is 14.8. The lowest BCUT2D eigenvalue weighted by atomic mass is 9.83. The smallest absolute Gasteiger partial charge is 0.0690 e. The second-order valence-corrected chi connectivity index (χ2v) is 8.31. The average molecular weight is 388 g/mol. The van der Waals surface area contributed by atoms with Crippen LogP contribution in [-0.4, -0.2) is 5.71 Å². The van der Waals surface area contributed by atoms with E-state index >= 15 is 0 Å². The SMILES string of the molecule is Cc1ccc(C(=N)c2cc3ccccc3cc2C2C=Cc3ccccc32)c(C)c1C. The van der Waals surface area contributed by atoms with Crippen LogP contribution in [0, 0.1) is 26.2 Å². The summed E-state index contributed by atoms with van der Waals surface area (Å²) in [4.78, 5) is 0. The van der Waals surface area contributed by atoms with Crippen LogP contribution in [0.2, 0.25) is 0 Å². The van der Waals surface area contributed by atoms with E-state index < -0.39 is 0 Å². The van der Waals surface area contributed by atoms with Crippen molar-refractivity contribution >= 4 is 22.6 Å². The van der Waals surface area contributed by atoms with E-state index in [1.165, 1.54) is 44.2 Å². The van der Waals surface area contributed by atoms with Crippen molar-refractivity contribution in [3.8, 4) is 0 Å². The maximum Gasteiger partial charge on any atom is 0.0690 e. The van der Waals surface area contributed by atoms with Gasteiger partial charge in [0.25, 0.3) is 0 Å². The molecular formula is C29H25N. The van der Waals surface area contributed by atoms with Gasteiger partial charge in [-0.25, -0.2) is 0 Å². The van der Waals surface area contributed by atoms with Crippen LogP contribution in [0.25, 0.3) is 16.8 Å². The van der Waals surface area contributed by atoms with Crippen LogP contribution < -0.4 is 0 Å². The van der Waals surface area contributed by atoms with Crippen LogP contribution >= 0.6 is 0 Å². The highest BCUT2D eigenvalue weighted by Crippen LogP contribution is 2.39. The van der Waals surface area contributed by atoms with E-state index in [1.54, 1.807) is 0 Å². The summed E-state index contributed by atoms with van der Waals surface area (Å²) >= 11 is 0. The highest BCUT2D eigenvalue weighted by Gasteiger charge is 2.24. The first-order valence-corrected chi connectivity index (χ1v) is 10.5. The Hall–Kier alpha value is -3.45. The molecule has 0 spiro atoms. The molecule has 1 aliphatic rings. The Morgan fingerprint density at radius 1 is 0.700 bits per heavy atom. The van der Waals surface area contributed by atoms with Gasteiger partial charge in [0.05, 0.1) is 5.71 Å². The Morgan fingerprint density at radius 2 is 1.40 bits per heavy atom. The van der Waals surface area contributed by atoms with Crippen molar-refractivity contribution in [1.29, 1.82) is 5.41 Å². The zero-order chi connectivity index (χ0) is 20.8. The Labute approximate surface area is 178 Å². The fourth-order valence-electron chi connectivity index (χ4n) is 4.62. The highest BCUT2D eigenvalue weighted by molar-refractivity contribution is 6.14. The molecule has 1 heteroatoms. The second kappa shape index (κ2) is 7.11. The van der Waals surface area contributed by atoms with Crippen molar-refractivity contribution in [2.45, 2.75) is 26.7 Å². The molecule has 0 bridgehead atoms. The molecule has 0 radical (unpaired) electrons. The topological polar surface area (TPSA) is 23.9 Å². The van der Waals surface area contributed by atoms with Crippen LogP contribution in [-0.2, 0) is 0 Å². The third-order valence-electron chi connectivity index (χ3n) is 6.65. The van der Waals surface area contributed by atoms with E-state index in [0.29, 0.717) is 5.71 Å². The first-order valence-electron chi connectivity index (χ1n) is 10.5. The Balaban J connectivity index is 1.74. The third kappa shape index (κ3) is 2.90. The molecule has 1 unspecified atom stereocenters. The predicted octanol–water partition coefficient (Wildman–Crippen LogP) is 7.34. The summed E-state index contributed by atoms with van der Waals surface area (Å²) in [6.07, 6.45) is 4.49. The summed E-state index contributed by atoms with van der Waals surface area (Å²) in [5.41, 5.74) is 10.2. The number of benzene rings is 4. The van der Waals surface area contributed by atoms with Gasteiger partial charge in [-0.15, -0.1) is 0 Å². The molecule has 5 rings (SSSR count). The van der Waals surface area contributed by atoms with Crippen molar-refractivity contribution in [3.63, 3.8) is 0 Å². The second-order valence-electron chi connectivity index (χ2n) is 8.31. The third-order valence-corrected chi connectivity index (χ3v) is 6.65. The number of aryl methyl sites for hydroxylation is 1. The summed E-state index contributed by atoms with van der Waals surface area (Å²) in [5, 5.41) is 11.6. The molecule has 0 aliphatic heterocycles. The molecule has 4 aromatic carbocycles. The molecule has 0 saturated carbocycles. The average Bonchev–Trinajstić information content (AvgIpc) is 3.20. The molecule has 1 aliphatic carbocycles. The fourth-order valence-corrected chi connectivity index (χ4v) is 4.62. The molecule has 30 heavy (non-hydrogen) atoms. The van der Waals surface area contributed by atoms with Crippen LogP contribution in [0.15, 0.2) is 78.9 Å². The number of hydrogen-bond acceptors (Lipinski definition) is 1. The molecular weight excluding hydrogens is 362 g/mol. The number of hydrogen-bond donors (Lipinski definition) is 1. The van der Waals surface area contributed by atoms with Crippen molar-refractivity contribution in [2.24, 2.45) is 0 Å². The highest BCUT2D eigenvalue weighted by atomic mass is 14.4. The van der Waals surface area contributed by atoms with E-state index in [2.05, 4.69) is 106 Å². The number of fused-ring (bicyclic) bond motifs is 2. The summed E-state index contributed by atoms with van der Waals surface area (Å²) in [6.45, 7) is 6.42. The lowest BCUT2D eigenvalue weighted by Gasteiger charge is -2.20. The van der Waals surface area contributed by atoms with Gasteiger partial charge in [-0.3, -0.25) is 5.41 Å². The van der Waals surface area contributed by atoms with Gasteiger partial charge < -0.3 is 0 Å². The van der Waals surface area contributed by atoms with Gasteiger partial charge in [0.15, 0.2) is 0 Å². The Bertz CT molecular complexity index is 1340. The molecule has 0 saturated heterocycles. The van der Waals surface area contributed by atoms with Crippen LogP contribution in [0.1, 0.15) is 50.4 Å². The molecule has 4 aromatic rings. The van der Waals surface area contributed by atoms with Crippen molar-refractivity contribution < 1.29 is 0 Å². The van der Waals surface area contributed by atoms with E-state index in [4.69, 9.17) is 0 Å². The molecule has 0 fully saturated rings. The zero-order valence-electron chi connectivity index (χ0n) is 17.7. The van der Waals surface area contributed by atoms with E-state index in [-0.39, 0.29) is 5.92 Å². The summed E-state index contributed by atoms with van der Waals surface area (Å²) in [6, 6.07) is 25.8. The van der Waals surface area contributed by atoms with E-state index in [9.17, 15) is 5.41 Å². The summed E-state index contributed by atoms with van der Waals surface area (Å²) in [5.74, 6) is 0.174. The van der Waals surface area contributed by atoms with Gasteiger partial charge in [0.2, 0.25) is 0 Å². The van der Waals surface area contributed by atoms with Gasteiger partial charge in [-0.2, -0.15) is 0 Å². The summed E-state index contributed by atoms with van der Waals surface area (Å²) < 4.78 is 0. The molecule has 146 valence electrons. The largest absolute Gasteiger partial charge is 0.300 e. The first-order chi connectivity index (χ1) is 14.5. The standard InChI is InChI=1S/C29H25N/c1-18-12-14-24(20(3)19(18)2)29(30)28-17-23-10-5-4-9-22(23)16-27(28)26-15-13-21-8-6-7-11-25(21)26/h4-17,26,30H,1-3H3. The Morgan fingerprint density at radius 3 is 2.20 bits per heavy atom. The van der Waals surface area contributed by atoms with Gasteiger partial charge in [-0.05, 0) is 77.1 Å². The van der Waals surface area contributed by atoms with Crippen LogP contribution in [0.3, 0.4) is 0 Å². The van der Waals surface area contributed by atoms with Crippen LogP contribution in [0.4, 0.5) is 0 Å². The molecule has 0 amide bonds. The van der Waals surface area contributed by atoms with Crippen LogP contribution in [0.5, 0.6) is 0 Å². The maximum absolute atomic E-state index is 9.22. The van der Waals surface area contributed by atoms with Crippen molar-refractivity contribution in [3.05, 3.63) is 123 Å². The minimum Gasteiger partial charge on any atom is -0.300 e. The summed E-state index contributed by atoms with van der Waals surface area (Å²) in [7, 11) is 0. The molecule has 1 nitrogen and oxygen atoms in total. The Kier molecular flexibility index (Phi) is 4.40. The monoisotopic (exact) mass is 387 g/mol. The number of rotatable bonds is 3.